The zero-order chi connectivity index (χ0) is 19.6. The second-order valence-electron chi connectivity index (χ2n) is 5.67. The van der Waals surface area contributed by atoms with Crippen LogP contribution in [0.4, 0.5) is 0 Å². The molecule has 0 bridgehead atoms. The third kappa shape index (κ3) is 4.14. The van der Waals surface area contributed by atoms with E-state index >= 15 is 0 Å². The number of carboxylic acids is 1. The van der Waals surface area contributed by atoms with E-state index in [0.29, 0.717) is 4.43 Å². The number of rotatable bonds is 7. The minimum Gasteiger partial charge on any atom is -0.477 e. The summed E-state index contributed by atoms with van der Waals surface area (Å²) >= 11 is 4.71. The first-order valence-corrected chi connectivity index (χ1v) is 11.4. The second kappa shape index (κ2) is 8.61. The number of nitrogens with one attached hydrogen (secondary N) is 1. The second-order valence-corrected chi connectivity index (χ2v) is 8.88. The summed E-state index contributed by atoms with van der Waals surface area (Å²) in [4.78, 5) is 50.4. The maximum absolute atomic E-state index is 12.5. The van der Waals surface area contributed by atoms with Gasteiger partial charge in [-0.2, -0.15) is 0 Å². The van der Waals surface area contributed by atoms with Crippen molar-refractivity contribution in [3.8, 4) is 0 Å². The van der Waals surface area contributed by atoms with Gasteiger partial charge >= 0.3 is 11.9 Å². The Morgan fingerprint density at radius 2 is 2.19 bits per heavy atom. The van der Waals surface area contributed by atoms with Crippen molar-refractivity contribution in [3.05, 3.63) is 33.7 Å². The van der Waals surface area contributed by atoms with E-state index in [1.54, 1.807) is 0 Å². The van der Waals surface area contributed by atoms with Crippen molar-refractivity contribution in [3.63, 3.8) is 0 Å². The summed E-state index contributed by atoms with van der Waals surface area (Å²) in [6, 6.07) is 2.86. The van der Waals surface area contributed by atoms with Gasteiger partial charge in [-0.3, -0.25) is 14.5 Å². The number of thiophene rings is 1. The zero-order valence-electron chi connectivity index (χ0n) is 13.8. The van der Waals surface area contributed by atoms with E-state index in [4.69, 9.17) is 4.74 Å². The van der Waals surface area contributed by atoms with Crippen molar-refractivity contribution in [2.45, 2.75) is 17.8 Å². The van der Waals surface area contributed by atoms with Crippen LogP contribution in [0.15, 0.2) is 28.8 Å². The molecule has 2 N–H and O–H groups in total. The number of hydrogen-bond acceptors (Lipinski definition) is 7. The zero-order valence-corrected chi connectivity index (χ0v) is 17.6. The van der Waals surface area contributed by atoms with Gasteiger partial charge in [0.1, 0.15) is 23.7 Å². The van der Waals surface area contributed by atoms with Crippen LogP contribution in [0.2, 0.25) is 0 Å². The van der Waals surface area contributed by atoms with Crippen molar-refractivity contribution in [1.29, 1.82) is 0 Å². The number of alkyl halides is 1. The number of aliphatic carboxylic acids is 1. The molecule has 8 nitrogen and oxygen atoms in total. The summed E-state index contributed by atoms with van der Waals surface area (Å²) in [5.74, 6) is -2.83. The molecule has 1 aromatic heterocycles. The predicted molar refractivity (Wildman–Crippen MR) is 108 cm³/mol. The Kier molecular flexibility index (Phi) is 6.42. The molecule has 0 aliphatic carbocycles. The van der Waals surface area contributed by atoms with E-state index in [0.717, 1.165) is 9.78 Å². The van der Waals surface area contributed by atoms with Crippen LogP contribution in [0.1, 0.15) is 4.88 Å². The highest BCUT2D eigenvalue weighted by Crippen LogP contribution is 2.40. The first-order chi connectivity index (χ1) is 12.9. The third-order valence-corrected chi connectivity index (χ3v) is 6.56. The summed E-state index contributed by atoms with van der Waals surface area (Å²) in [6.07, 6.45) is 0.161. The fourth-order valence-electron chi connectivity index (χ4n) is 2.79. The highest BCUT2D eigenvalue weighted by molar-refractivity contribution is 14.1. The van der Waals surface area contributed by atoms with Crippen LogP contribution >= 0.6 is 45.7 Å². The molecule has 3 rings (SSSR count). The summed E-state index contributed by atoms with van der Waals surface area (Å²) in [7, 11) is 0. The quantitative estimate of drug-likeness (QED) is 0.238. The average molecular weight is 522 g/mol. The number of halogens is 1. The highest BCUT2D eigenvalue weighted by atomic mass is 127. The van der Waals surface area contributed by atoms with E-state index in [9.17, 15) is 24.3 Å². The van der Waals surface area contributed by atoms with Crippen molar-refractivity contribution in [2.75, 3.05) is 16.8 Å². The van der Waals surface area contributed by atoms with Gasteiger partial charge in [-0.05, 0) is 11.4 Å². The van der Waals surface area contributed by atoms with Gasteiger partial charge in [0.05, 0.1) is 12.0 Å². The number of nitrogens with zero attached hydrogens (tertiary/aromatic N) is 1. The van der Waals surface area contributed by atoms with Crippen molar-refractivity contribution >= 4 is 69.4 Å². The van der Waals surface area contributed by atoms with Gasteiger partial charge in [0, 0.05) is 15.1 Å². The van der Waals surface area contributed by atoms with Crippen LogP contribution in [0.3, 0.4) is 0 Å². The molecular weight excluding hydrogens is 507 g/mol. The number of carbonyl (C=O) groups excluding carboxylic acids is 3. The molecule has 144 valence electrons. The fraction of sp³-hybridized carbons (Fsp3) is 0.375. The van der Waals surface area contributed by atoms with E-state index < -0.39 is 29.3 Å². The largest absolute Gasteiger partial charge is 0.477 e. The van der Waals surface area contributed by atoms with Gasteiger partial charge in [0.2, 0.25) is 5.91 Å². The van der Waals surface area contributed by atoms with E-state index in [-0.39, 0.29) is 36.0 Å². The number of carbonyl (C=O) groups is 4. The van der Waals surface area contributed by atoms with Crippen molar-refractivity contribution < 1.29 is 29.0 Å². The lowest BCUT2D eigenvalue weighted by Gasteiger charge is -2.49. The number of ether oxygens (including phenoxy) is 1. The molecule has 1 aromatic rings. The number of hydrogen-bond donors (Lipinski definition) is 2. The topological polar surface area (TPSA) is 113 Å². The van der Waals surface area contributed by atoms with Gasteiger partial charge in [0.25, 0.3) is 5.91 Å². The van der Waals surface area contributed by atoms with Crippen LogP contribution in [0.5, 0.6) is 0 Å². The van der Waals surface area contributed by atoms with E-state index in [2.05, 4.69) is 5.32 Å². The summed E-state index contributed by atoms with van der Waals surface area (Å²) in [5.41, 5.74) is -0.392. The number of esters is 1. The summed E-state index contributed by atoms with van der Waals surface area (Å²) in [5, 5.41) is 13.5. The number of fused-ring (bicyclic) bond motifs is 1. The van der Waals surface area contributed by atoms with Gasteiger partial charge in [-0.15, -0.1) is 23.1 Å². The Morgan fingerprint density at radius 1 is 1.41 bits per heavy atom. The predicted octanol–water partition coefficient (Wildman–Crippen LogP) is 1.01. The normalized spacial score (nSPS) is 21.4. The Bertz CT molecular complexity index is 810. The van der Waals surface area contributed by atoms with E-state index in [1.165, 1.54) is 23.1 Å². The molecule has 0 spiro atoms. The maximum Gasteiger partial charge on any atom is 0.353 e. The smallest absolute Gasteiger partial charge is 0.353 e. The third-order valence-electron chi connectivity index (χ3n) is 3.96. The summed E-state index contributed by atoms with van der Waals surface area (Å²) < 4.78 is 5.60. The maximum atomic E-state index is 12.5. The van der Waals surface area contributed by atoms with Gasteiger partial charge in [-0.25, -0.2) is 9.59 Å². The molecule has 0 saturated carbocycles. The first kappa shape index (κ1) is 20.1. The first-order valence-electron chi connectivity index (χ1n) is 7.90. The lowest BCUT2D eigenvalue weighted by atomic mass is 10.0. The number of β-lactam (4-membered cyclic amide) rings is 1. The summed E-state index contributed by atoms with van der Waals surface area (Å²) in [6.45, 7) is 0.166. The number of thioether (sulfide) groups is 1. The molecule has 0 aromatic carbocycles. The molecule has 2 atom stereocenters. The minimum absolute atomic E-state index is 0.0367. The number of carboxylic acid groups (broad SMARTS) is 1. The molecule has 2 aliphatic rings. The van der Waals surface area contributed by atoms with Crippen LogP contribution in [0, 0.1) is 0 Å². The lowest BCUT2D eigenvalue weighted by molar-refractivity contribution is -0.151. The van der Waals surface area contributed by atoms with Gasteiger partial charge in [0.15, 0.2) is 0 Å². The van der Waals surface area contributed by atoms with Crippen LogP contribution < -0.4 is 5.32 Å². The molecule has 3 heterocycles. The van der Waals surface area contributed by atoms with Crippen LogP contribution in [-0.2, 0) is 30.3 Å². The minimum atomic E-state index is -1.36. The van der Waals surface area contributed by atoms with Gasteiger partial charge in [-0.1, -0.05) is 28.7 Å². The van der Waals surface area contributed by atoms with Crippen LogP contribution in [-0.4, -0.2) is 62.0 Å². The molecule has 0 radical (unpaired) electrons. The van der Waals surface area contributed by atoms with Crippen molar-refractivity contribution in [2.24, 2.45) is 0 Å². The molecule has 2 amide bonds. The SMILES string of the molecule is O=C(Cc1cccs1)NC1C(=O)N2C(C(=O)O)=C(C(=O)OCCI)CS[C@@H]12. The molecule has 2 aliphatic heterocycles. The fourth-order valence-corrected chi connectivity index (χ4v) is 5.04. The Morgan fingerprint density at radius 3 is 2.81 bits per heavy atom. The van der Waals surface area contributed by atoms with E-state index in [1.807, 2.05) is 40.1 Å². The average Bonchev–Trinajstić information content (AvgIpc) is 3.15. The molecule has 27 heavy (non-hydrogen) atoms. The number of amides is 2. The Labute approximate surface area is 176 Å². The molecule has 1 fully saturated rings. The van der Waals surface area contributed by atoms with Gasteiger partial charge < -0.3 is 15.2 Å². The lowest BCUT2D eigenvalue weighted by Crippen LogP contribution is -2.70. The molecule has 1 unspecified atom stereocenters. The standard InChI is InChI=1S/C16H15IN2O6S2/c17-3-4-25-16(24)9-7-27-14-11(13(21)19(14)12(9)15(22)23)18-10(20)6-8-2-1-5-26-8/h1-2,5,11,14H,3-4,6-7H2,(H,18,20)(H,22,23)/t11?,14-/m0/s1. The Balaban J connectivity index is 1.72. The molecule has 1 saturated heterocycles. The van der Waals surface area contributed by atoms with Crippen LogP contribution in [0.25, 0.3) is 0 Å². The highest BCUT2D eigenvalue weighted by Gasteiger charge is 2.55. The monoisotopic (exact) mass is 522 g/mol. The molecule has 11 heteroatoms. The van der Waals surface area contributed by atoms with Crippen molar-refractivity contribution in [1.82, 2.24) is 10.2 Å². The Hall–Kier alpha value is -1.60. The molecular formula is C16H15IN2O6S2.